The lowest BCUT2D eigenvalue weighted by Gasteiger charge is -2.10. The van der Waals surface area contributed by atoms with Crippen molar-refractivity contribution in [1.82, 2.24) is 9.78 Å². The summed E-state index contributed by atoms with van der Waals surface area (Å²) in [4.78, 5) is 12.4. The van der Waals surface area contributed by atoms with Crippen LogP contribution in [-0.2, 0) is 13.7 Å². The summed E-state index contributed by atoms with van der Waals surface area (Å²) in [5.41, 5.74) is 3.25. The van der Waals surface area contributed by atoms with Gasteiger partial charge in [0.25, 0.3) is 0 Å². The van der Waals surface area contributed by atoms with Crippen LogP contribution in [0.2, 0.25) is 0 Å². The fraction of sp³-hybridized carbons (Fsp3) is 0.143. The molecular weight excluding hydrogens is 392 g/mol. The van der Waals surface area contributed by atoms with Crippen LogP contribution in [0.4, 0.5) is 0 Å². The Hall–Kier alpha value is -2.66. The Morgan fingerprint density at radius 1 is 1.23 bits per heavy atom. The van der Waals surface area contributed by atoms with Crippen molar-refractivity contribution in [1.29, 1.82) is 0 Å². The smallest absolute Gasteiger partial charge is 0.189 e. The first kappa shape index (κ1) is 18.1. The molecule has 26 heavy (non-hydrogen) atoms. The molecule has 0 radical (unpaired) electrons. The molecule has 3 aromatic rings. The van der Waals surface area contributed by atoms with Gasteiger partial charge in [-0.15, -0.1) is 0 Å². The number of ketones is 1. The Morgan fingerprint density at radius 2 is 2.00 bits per heavy atom. The molecule has 0 saturated carbocycles. The van der Waals surface area contributed by atoms with Gasteiger partial charge in [0, 0.05) is 23.3 Å². The molecule has 0 aliphatic heterocycles. The third-order valence-corrected chi connectivity index (χ3v) is 4.40. The zero-order chi connectivity index (χ0) is 18.5. The van der Waals surface area contributed by atoms with Gasteiger partial charge < -0.3 is 4.74 Å². The number of hydrogen-bond acceptors (Lipinski definition) is 3. The highest BCUT2D eigenvalue weighted by atomic mass is 79.9. The van der Waals surface area contributed by atoms with Gasteiger partial charge in [-0.05, 0) is 42.8 Å². The van der Waals surface area contributed by atoms with Crippen molar-refractivity contribution in [3.63, 3.8) is 0 Å². The topological polar surface area (TPSA) is 44.1 Å². The minimum atomic E-state index is -0.0791. The van der Waals surface area contributed by atoms with E-state index in [2.05, 4.69) is 21.0 Å². The van der Waals surface area contributed by atoms with Crippen molar-refractivity contribution in [3.8, 4) is 5.75 Å². The molecule has 0 saturated heterocycles. The number of aromatic nitrogens is 2. The van der Waals surface area contributed by atoms with Crippen LogP contribution in [0, 0.1) is 6.92 Å². The number of aryl methyl sites for hydroxylation is 2. The van der Waals surface area contributed by atoms with Gasteiger partial charge in [0.1, 0.15) is 12.4 Å². The summed E-state index contributed by atoms with van der Waals surface area (Å²) in [6.45, 7) is 2.30. The SMILES string of the molecule is Cc1nn(C)cc1C(=O)/C=C/c1cc(Br)ccc1OCc1ccccc1. The number of allylic oxidation sites excluding steroid dienone is 1. The number of benzene rings is 2. The molecule has 0 aliphatic carbocycles. The second-order valence-electron chi connectivity index (χ2n) is 5.96. The summed E-state index contributed by atoms with van der Waals surface area (Å²) in [6, 6.07) is 15.7. The highest BCUT2D eigenvalue weighted by Gasteiger charge is 2.10. The first-order valence-electron chi connectivity index (χ1n) is 8.22. The van der Waals surface area contributed by atoms with Gasteiger partial charge in [-0.25, -0.2) is 0 Å². The van der Waals surface area contributed by atoms with Gasteiger partial charge in [-0.1, -0.05) is 46.3 Å². The van der Waals surface area contributed by atoms with E-state index in [9.17, 15) is 4.79 Å². The van der Waals surface area contributed by atoms with Crippen LogP contribution in [-0.4, -0.2) is 15.6 Å². The van der Waals surface area contributed by atoms with Gasteiger partial charge in [0.2, 0.25) is 0 Å². The molecule has 132 valence electrons. The van der Waals surface area contributed by atoms with Crippen molar-refractivity contribution >= 4 is 27.8 Å². The molecule has 0 amide bonds. The number of carbonyl (C=O) groups is 1. The Kier molecular flexibility index (Phi) is 5.68. The predicted octanol–water partition coefficient (Wildman–Crippen LogP) is 4.97. The molecule has 4 nitrogen and oxygen atoms in total. The number of hydrogen-bond donors (Lipinski definition) is 0. The van der Waals surface area contributed by atoms with Crippen LogP contribution in [0.15, 0.2) is 65.3 Å². The molecule has 0 N–H and O–H groups in total. The van der Waals surface area contributed by atoms with Gasteiger partial charge >= 0.3 is 0 Å². The summed E-state index contributed by atoms with van der Waals surface area (Å²) in [6.07, 6.45) is 5.07. The molecule has 2 aromatic carbocycles. The Balaban J connectivity index is 1.79. The lowest BCUT2D eigenvalue weighted by atomic mass is 10.1. The van der Waals surface area contributed by atoms with E-state index >= 15 is 0 Å². The Bertz CT molecular complexity index is 946. The van der Waals surface area contributed by atoms with E-state index in [-0.39, 0.29) is 5.78 Å². The molecule has 3 rings (SSSR count). The molecule has 1 heterocycles. The average molecular weight is 411 g/mol. The molecular formula is C21H19BrN2O2. The summed E-state index contributed by atoms with van der Waals surface area (Å²) in [5.74, 6) is 0.647. The fourth-order valence-corrected chi connectivity index (χ4v) is 2.99. The minimum Gasteiger partial charge on any atom is -0.488 e. The second-order valence-corrected chi connectivity index (χ2v) is 6.87. The molecule has 0 atom stereocenters. The van der Waals surface area contributed by atoms with Crippen LogP contribution in [0.5, 0.6) is 5.75 Å². The van der Waals surface area contributed by atoms with Crippen LogP contribution in [0.1, 0.15) is 27.2 Å². The molecule has 1 aromatic heterocycles. The van der Waals surface area contributed by atoms with Crippen LogP contribution < -0.4 is 4.74 Å². The highest BCUT2D eigenvalue weighted by molar-refractivity contribution is 9.10. The fourth-order valence-electron chi connectivity index (χ4n) is 2.61. The number of carbonyl (C=O) groups excluding carboxylic acids is 1. The molecule has 5 heteroatoms. The average Bonchev–Trinajstić information content (AvgIpc) is 2.98. The zero-order valence-electron chi connectivity index (χ0n) is 14.6. The number of halogens is 1. The standard InChI is InChI=1S/C21H19BrN2O2/c1-15-19(13-24(2)23-15)20(25)10-8-17-12-18(22)9-11-21(17)26-14-16-6-4-3-5-7-16/h3-13H,14H2,1-2H3/b10-8+. The number of rotatable bonds is 6. The van der Waals surface area contributed by atoms with Crippen molar-refractivity contribution in [2.24, 2.45) is 7.05 Å². The quantitative estimate of drug-likeness (QED) is 0.425. The largest absolute Gasteiger partial charge is 0.488 e. The summed E-state index contributed by atoms with van der Waals surface area (Å²) in [5, 5.41) is 4.21. The summed E-state index contributed by atoms with van der Waals surface area (Å²) < 4.78 is 8.51. The lowest BCUT2D eigenvalue weighted by molar-refractivity contribution is 0.104. The molecule has 0 aliphatic rings. The van der Waals surface area contributed by atoms with Gasteiger partial charge in [-0.2, -0.15) is 5.10 Å². The lowest BCUT2D eigenvalue weighted by Crippen LogP contribution is -1.98. The summed E-state index contributed by atoms with van der Waals surface area (Å²) in [7, 11) is 1.80. The van der Waals surface area contributed by atoms with E-state index in [0.717, 1.165) is 27.0 Å². The normalized spacial score (nSPS) is 11.0. The summed E-state index contributed by atoms with van der Waals surface area (Å²) >= 11 is 3.47. The minimum absolute atomic E-state index is 0.0791. The predicted molar refractivity (Wildman–Crippen MR) is 106 cm³/mol. The van der Waals surface area contributed by atoms with E-state index < -0.39 is 0 Å². The maximum Gasteiger partial charge on any atom is 0.189 e. The maximum atomic E-state index is 12.4. The van der Waals surface area contributed by atoms with E-state index in [4.69, 9.17) is 4.74 Å². The Morgan fingerprint density at radius 3 is 2.69 bits per heavy atom. The maximum absolute atomic E-state index is 12.4. The second kappa shape index (κ2) is 8.15. The van der Waals surface area contributed by atoms with E-state index in [1.165, 1.54) is 0 Å². The number of nitrogens with zero attached hydrogens (tertiary/aromatic N) is 2. The van der Waals surface area contributed by atoms with Gasteiger partial charge in [0.05, 0.1) is 11.3 Å². The Labute approximate surface area is 161 Å². The molecule has 0 spiro atoms. The van der Waals surface area contributed by atoms with Crippen molar-refractivity contribution in [2.75, 3.05) is 0 Å². The van der Waals surface area contributed by atoms with E-state index in [1.807, 2.05) is 55.5 Å². The zero-order valence-corrected chi connectivity index (χ0v) is 16.2. The van der Waals surface area contributed by atoms with Crippen molar-refractivity contribution in [3.05, 3.63) is 87.7 Å². The third kappa shape index (κ3) is 4.49. The molecule has 0 fully saturated rings. The first-order valence-corrected chi connectivity index (χ1v) is 9.01. The van der Waals surface area contributed by atoms with Crippen molar-refractivity contribution < 1.29 is 9.53 Å². The molecule has 0 unspecified atom stereocenters. The highest BCUT2D eigenvalue weighted by Crippen LogP contribution is 2.25. The van der Waals surface area contributed by atoms with Crippen LogP contribution in [0.3, 0.4) is 0 Å². The van der Waals surface area contributed by atoms with E-state index in [0.29, 0.717) is 12.2 Å². The monoisotopic (exact) mass is 410 g/mol. The molecule has 0 bridgehead atoms. The first-order chi connectivity index (χ1) is 12.5. The third-order valence-electron chi connectivity index (χ3n) is 3.90. The van der Waals surface area contributed by atoms with Gasteiger partial charge in [-0.3, -0.25) is 9.48 Å². The van der Waals surface area contributed by atoms with E-state index in [1.54, 1.807) is 30.1 Å². The number of ether oxygens (including phenoxy) is 1. The van der Waals surface area contributed by atoms with Crippen molar-refractivity contribution in [2.45, 2.75) is 13.5 Å². The van der Waals surface area contributed by atoms with Crippen LogP contribution >= 0.6 is 15.9 Å². The van der Waals surface area contributed by atoms with Gasteiger partial charge in [0.15, 0.2) is 5.78 Å². The van der Waals surface area contributed by atoms with Crippen LogP contribution in [0.25, 0.3) is 6.08 Å².